The second-order valence-electron chi connectivity index (χ2n) is 5.66. The van der Waals surface area contributed by atoms with Gasteiger partial charge < -0.3 is 9.53 Å². The Kier molecular flexibility index (Phi) is 3.81. The van der Waals surface area contributed by atoms with E-state index in [-0.39, 0.29) is 11.6 Å². The van der Waals surface area contributed by atoms with Crippen LogP contribution in [0.1, 0.15) is 26.3 Å². The van der Waals surface area contributed by atoms with Crippen LogP contribution in [0.2, 0.25) is 18.1 Å². The highest BCUT2D eigenvalue weighted by atomic mass is 28.4. The molecule has 0 aromatic heterocycles. The normalized spacial score (nSPS) is 12.6. The maximum absolute atomic E-state index is 8.96. The van der Waals surface area contributed by atoms with E-state index in [1.807, 2.05) is 24.3 Å². The van der Waals surface area contributed by atoms with Crippen molar-refractivity contribution in [2.75, 3.05) is 0 Å². The lowest BCUT2D eigenvalue weighted by atomic mass is 10.2. The van der Waals surface area contributed by atoms with Crippen molar-refractivity contribution in [3.05, 3.63) is 29.8 Å². The molecule has 1 aromatic carbocycles. The summed E-state index contributed by atoms with van der Waals surface area (Å²) < 4.78 is 6.12. The second kappa shape index (κ2) is 4.59. The van der Waals surface area contributed by atoms with E-state index in [9.17, 15) is 0 Å². The van der Waals surface area contributed by atoms with Gasteiger partial charge in [-0.05, 0) is 35.8 Å². The maximum atomic E-state index is 8.96. The maximum Gasteiger partial charge on any atom is 0.250 e. The lowest BCUT2D eigenvalue weighted by molar-refractivity contribution is 0.282. The molecule has 16 heavy (non-hydrogen) atoms. The third-order valence-electron chi connectivity index (χ3n) is 3.29. The summed E-state index contributed by atoms with van der Waals surface area (Å²) in [6.07, 6.45) is 0. The molecule has 2 nitrogen and oxygen atoms in total. The fraction of sp³-hybridized carbons (Fsp3) is 0.538. The van der Waals surface area contributed by atoms with Crippen LogP contribution in [0.25, 0.3) is 0 Å². The van der Waals surface area contributed by atoms with E-state index in [4.69, 9.17) is 9.53 Å². The zero-order valence-electron chi connectivity index (χ0n) is 10.9. The highest BCUT2D eigenvalue weighted by Gasteiger charge is 2.38. The van der Waals surface area contributed by atoms with Crippen LogP contribution in [0.3, 0.4) is 0 Å². The van der Waals surface area contributed by atoms with Gasteiger partial charge in [0.15, 0.2) is 0 Å². The molecule has 0 amide bonds. The topological polar surface area (TPSA) is 29.5 Å². The smallest absolute Gasteiger partial charge is 0.250 e. The molecule has 1 rings (SSSR count). The summed E-state index contributed by atoms with van der Waals surface area (Å²) in [5, 5.41) is 9.17. The van der Waals surface area contributed by atoms with Gasteiger partial charge in [-0.25, -0.2) is 0 Å². The number of aliphatic hydroxyl groups excluding tert-OH is 1. The minimum Gasteiger partial charge on any atom is -0.544 e. The van der Waals surface area contributed by atoms with Gasteiger partial charge >= 0.3 is 0 Å². The van der Waals surface area contributed by atoms with Crippen LogP contribution in [-0.2, 0) is 6.61 Å². The number of rotatable bonds is 3. The molecule has 0 saturated carbocycles. The minimum absolute atomic E-state index is 0.0837. The molecular formula is C13H22O2Si. The van der Waals surface area contributed by atoms with Gasteiger partial charge in [0.2, 0.25) is 8.32 Å². The number of hydrogen-bond donors (Lipinski definition) is 1. The van der Waals surface area contributed by atoms with Crippen LogP contribution in [0.4, 0.5) is 0 Å². The van der Waals surface area contributed by atoms with Crippen LogP contribution in [-0.4, -0.2) is 13.4 Å². The Bertz CT molecular complexity index is 336. The van der Waals surface area contributed by atoms with E-state index >= 15 is 0 Å². The predicted molar refractivity (Wildman–Crippen MR) is 70.2 cm³/mol. The molecule has 0 fully saturated rings. The Balaban J connectivity index is 2.80. The van der Waals surface area contributed by atoms with Gasteiger partial charge in [0.1, 0.15) is 5.75 Å². The lowest BCUT2D eigenvalue weighted by Crippen LogP contribution is -2.43. The SMILES string of the molecule is CC(C)(C)[Si](C)(C)Oc1ccc(CO)cc1. The van der Waals surface area contributed by atoms with Gasteiger partial charge in [-0.15, -0.1) is 0 Å². The minimum atomic E-state index is -1.74. The number of benzene rings is 1. The molecule has 1 aromatic rings. The van der Waals surface area contributed by atoms with E-state index in [2.05, 4.69) is 33.9 Å². The fourth-order valence-electron chi connectivity index (χ4n) is 1.11. The molecule has 0 bridgehead atoms. The van der Waals surface area contributed by atoms with Gasteiger partial charge in [0.05, 0.1) is 6.61 Å². The zero-order chi connectivity index (χ0) is 12.4. The first-order valence-electron chi connectivity index (χ1n) is 5.65. The highest BCUT2D eigenvalue weighted by molar-refractivity contribution is 6.74. The molecule has 1 N–H and O–H groups in total. The van der Waals surface area contributed by atoms with Crippen LogP contribution >= 0.6 is 0 Å². The van der Waals surface area contributed by atoms with E-state index in [1.165, 1.54) is 0 Å². The van der Waals surface area contributed by atoms with Gasteiger partial charge in [0.25, 0.3) is 0 Å². The summed E-state index contributed by atoms with van der Waals surface area (Å²) in [5.74, 6) is 0.906. The van der Waals surface area contributed by atoms with Crippen LogP contribution in [0, 0.1) is 0 Å². The molecule has 0 heterocycles. The van der Waals surface area contributed by atoms with Gasteiger partial charge in [-0.1, -0.05) is 32.9 Å². The van der Waals surface area contributed by atoms with Gasteiger partial charge in [-0.2, -0.15) is 0 Å². The van der Waals surface area contributed by atoms with Gasteiger partial charge in [0, 0.05) is 0 Å². The molecule has 0 unspecified atom stereocenters. The molecule has 0 saturated heterocycles. The monoisotopic (exact) mass is 238 g/mol. The average Bonchev–Trinajstić information content (AvgIpc) is 2.16. The van der Waals surface area contributed by atoms with Crippen molar-refractivity contribution in [2.24, 2.45) is 0 Å². The Morgan fingerprint density at radius 3 is 2.00 bits per heavy atom. The first-order valence-corrected chi connectivity index (χ1v) is 8.56. The summed E-state index contributed by atoms with van der Waals surface area (Å²) in [5.41, 5.74) is 0.919. The average molecular weight is 238 g/mol. The fourth-order valence-corrected chi connectivity index (χ4v) is 2.14. The van der Waals surface area contributed by atoms with Crippen molar-refractivity contribution >= 4 is 8.32 Å². The van der Waals surface area contributed by atoms with Crippen LogP contribution in [0.15, 0.2) is 24.3 Å². The van der Waals surface area contributed by atoms with Gasteiger partial charge in [-0.3, -0.25) is 0 Å². The Labute approximate surface area is 99.4 Å². The first-order chi connectivity index (χ1) is 7.26. The largest absolute Gasteiger partial charge is 0.544 e. The molecule has 0 aliphatic heterocycles. The summed E-state index contributed by atoms with van der Waals surface area (Å²) in [6.45, 7) is 11.2. The Morgan fingerprint density at radius 2 is 1.62 bits per heavy atom. The molecule has 0 aliphatic rings. The molecule has 90 valence electrons. The van der Waals surface area contributed by atoms with E-state index < -0.39 is 8.32 Å². The van der Waals surface area contributed by atoms with Crippen LogP contribution in [0.5, 0.6) is 5.75 Å². The zero-order valence-corrected chi connectivity index (χ0v) is 11.9. The van der Waals surface area contributed by atoms with Crippen molar-refractivity contribution < 1.29 is 9.53 Å². The third-order valence-corrected chi connectivity index (χ3v) is 7.64. The molecule has 0 radical (unpaired) electrons. The number of hydrogen-bond acceptors (Lipinski definition) is 2. The van der Waals surface area contributed by atoms with Crippen molar-refractivity contribution in [1.82, 2.24) is 0 Å². The van der Waals surface area contributed by atoms with E-state index in [1.54, 1.807) is 0 Å². The summed E-state index contributed by atoms with van der Waals surface area (Å²) >= 11 is 0. The molecular weight excluding hydrogens is 216 g/mol. The molecule has 3 heteroatoms. The summed E-state index contributed by atoms with van der Waals surface area (Å²) in [7, 11) is -1.74. The first kappa shape index (κ1) is 13.3. The second-order valence-corrected chi connectivity index (χ2v) is 10.4. The third kappa shape index (κ3) is 3.09. The number of aliphatic hydroxyl groups is 1. The molecule has 0 aliphatic carbocycles. The Hall–Kier alpha value is -0.803. The Morgan fingerprint density at radius 1 is 1.12 bits per heavy atom. The predicted octanol–water partition coefficient (Wildman–Crippen LogP) is 3.56. The van der Waals surface area contributed by atoms with Crippen LogP contribution < -0.4 is 4.43 Å². The quantitative estimate of drug-likeness (QED) is 0.816. The summed E-state index contributed by atoms with van der Waals surface area (Å²) in [4.78, 5) is 0. The molecule has 0 spiro atoms. The van der Waals surface area contributed by atoms with Crippen molar-refractivity contribution in [1.29, 1.82) is 0 Å². The van der Waals surface area contributed by atoms with E-state index in [0.717, 1.165) is 11.3 Å². The van der Waals surface area contributed by atoms with Crippen molar-refractivity contribution in [3.63, 3.8) is 0 Å². The highest BCUT2D eigenvalue weighted by Crippen LogP contribution is 2.37. The molecule has 0 atom stereocenters. The van der Waals surface area contributed by atoms with E-state index in [0.29, 0.717) is 0 Å². The van der Waals surface area contributed by atoms with Crippen molar-refractivity contribution in [3.8, 4) is 5.75 Å². The van der Waals surface area contributed by atoms with Crippen molar-refractivity contribution in [2.45, 2.75) is 45.5 Å². The summed E-state index contributed by atoms with van der Waals surface area (Å²) in [6, 6.07) is 7.68. The standard InChI is InChI=1S/C13H22O2Si/c1-13(2,3)16(4,5)15-12-8-6-11(10-14)7-9-12/h6-9,14H,10H2,1-5H3. The lowest BCUT2D eigenvalue weighted by Gasteiger charge is -2.36.